The molecular weight excluding hydrogens is 296 g/mol. The standard InChI is InChI=1S/C16H16N4O3/c1-8(2)12-14(18-16(22)19-15(12)21)13(20-23)11-5-9(3)4-10(6-11)7-17/h4-6,8,23H,1-3H3,(H2,18,19,21,22). The third-order valence-electron chi connectivity index (χ3n) is 3.37. The van der Waals surface area contributed by atoms with Crippen molar-refractivity contribution in [2.24, 2.45) is 5.16 Å². The number of hydrogen-bond donors (Lipinski definition) is 3. The number of nitrogens with zero attached hydrogens (tertiary/aromatic N) is 2. The Bertz CT molecular complexity index is 930. The SMILES string of the molecule is Cc1cc(C#N)cc(C(=NO)c2[nH]c(=O)[nH]c(=O)c2C(C)C)c1. The van der Waals surface area contributed by atoms with Crippen LogP contribution in [0.25, 0.3) is 0 Å². The summed E-state index contributed by atoms with van der Waals surface area (Å²) in [4.78, 5) is 28.4. The van der Waals surface area contributed by atoms with Crippen molar-refractivity contribution >= 4 is 5.71 Å². The number of rotatable bonds is 3. The quantitative estimate of drug-likeness (QED) is 0.452. The maximum Gasteiger partial charge on any atom is 0.326 e. The summed E-state index contributed by atoms with van der Waals surface area (Å²) in [5, 5.41) is 21.8. The smallest absolute Gasteiger partial charge is 0.326 e. The van der Waals surface area contributed by atoms with Crippen LogP contribution in [0.1, 0.15) is 47.7 Å². The van der Waals surface area contributed by atoms with Gasteiger partial charge in [-0.25, -0.2) is 4.79 Å². The zero-order valence-corrected chi connectivity index (χ0v) is 13.0. The number of aromatic amines is 2. The van der Waals surface area contributed by atoms with Gasteiger partial charge in [0, 0.05) is 11.1 Å². The molecule has 0 aliphatic rings. The predicted octanol–water partition coefficient (Wildman–Crippen LogP) is 1.59. The summed E-state index contributed by atoms with van der Waals surface area (Å²) in [6, 6.07) is 6.95. The van der Waals surface area contributed by atoms with Gasteiger partial charge in [-0.05, 0) is 36.6 Å². The molecule has 0 aliphatic carbocycles. The number of oxime groups is 1. The monoisotopic (exact) mass is 312 g/mol. The molecule has 1 aromatic carbocycles. The Morgan fingerprint density at radius 3 is 2.52 bits per heavy atom. The first-order valence-electron chi connectivity index (χ1n) is 6.98. The molecule has 0 radical (unpaired) electrons. The normalized spacial score (nSPS) is 11.5. The summed E-state index contributed by atoms with van der Waals surface area (Å²) in [5.74, 6) is -0.206. The lowest BCUT2D eigenvalue weighted by Gasteiger charge is -2.13. The van der Waals surface area contributed by atoms with E-state index in [9.17, 15) is 14.8 Å². The van der Waals surface area contributed by atoms with Crippen LogP contribution in [0.3, 0.4) is 0 Å². The Labute approximate surface area is 131 Å². The van der Waals surface area contributed by atoms with E-state index in [1.54, 1.807) is 32.9 Å². The highest BCUT2D eigenvalue weighted by molar-refractivity contribution is 6.12. The molecule has 0 spiro atoms. The molecule has 0 aliphatic heterocycles. The van der Waals surface area contributed by atoms with Gasteiger partial charge in [0.15, 0.2) is 0 Å². The van der Waals surface area contributed by atoms with Gasteiger partial charge in [0.05, 0.1) is 17.3 Å². The highest BCUT2D eigenvalue weighted by Crippen LogP contribution is 2.18. The molecule has 0 fully saturated rings. The van der Waals surface area contributed by atoms with Crippen molar-refractivity contribution in [3.8, 4) is 6.07 Å². The Morgan fingerprint density at radius 2 is 1.96 bits per heavy atom. The van der Waals surface area contributed by atoms with Crippen LogP contribution in [0, 0.1) is 18.3 Å². The second-order valence-electron chi connectivity index (χ2n) is 5.50. The van der Waals surface area contributed by atoms with Crippen molar-refractivity contribution in [1.82, 2.24) is 9.97 Å². The lowest BCUT2D eigenvalue weighted by molar-refractivity contribution is 0.319. The summed E-state index contributed by atoms with van der Waals surface area (Å²) in [7, 11) is 0. The van der Waals surface area contributed by atoms with Crippen molar-refractivity contribution in [3.63, 3.8) is 0 Å². The predicted molar refractivity (Wildman–Crippen MR) is 85.1 cm³/mol. The summed E-state index contributed by atoms with van der Waals surface area (Å²) in [6.07, 6.45) is 0. The van der Waals surface area contributed by atoms with E-state index in [4.69, 9.17) is 5.26 Å². The van der Waals surface area contributed by atoms with E-state index in [2.05, 4.69) is 15.1 Å². The highest BCUT2D eigenvalue weighted by atomic mass is 16.4. The van der Waals surface area contributed by atoms with Crippen molar-refractivity contribution in [2.75, 3.05) is 0 Å². The molecule has 118 valence electrons. The highest BCUT2D eigenvalue weighted by Gasteiger charge is 2.20. The average Bonchev–Trinajstić information content (AvgIpc) is 2.46. The lowest BCUT2D eigenvalue weighted by Crippen LogP contribution is -2.31. The molecule has 0 unspecified atom stereocenters. The van der Waals surface area contributed by atoms with Crippen LogP contribution in [0.5, 0.6) is 0 Å². The molecule has 2 aromatic rings. The summed E-state index contributed by atoms with van der Waals surface area (Å²) in [5.41, 5.74) is 0.877. The molecule has 0 saturated heterocycles. The van der Waals surface area contributed by atoms with E-state index in [-0.39, 0.29) is 17.3 Å². The van der Waals surface area contributed by atoms with E-state index in [0.29, 0.717) is 16.7 Å². The van der Waals surface area contributed by atoms with E-state index in [1.165, 1.54) is 6.07 Å². The molecule has 0 amide bonds. The van der Waals surface area contributed by atoms with Crippen molar-refractivity contribution in [2.45, 2.75) is 26.7 Å². The van der Waals surface area contributed by atoms with Crippen LogP contribution < -0.4 is 11.2 Å². The van der Waals surface area contributed by atoms with Gasteiger partial charge in [0.2, 0.25) is 0 Å². The van der Waals surface area contributed by atoms with Crippen LogP contribution in [-0.4, -0.2) is 20.9 Å². The van der Waals surface area contributed by atoms with Crippen LogP contribution in [-0.2, 0) is 0 Å². The first-order chi connectivity index (χ1) is 10.9. The summed E-state index contributed by atoms with van der Waals surface area (Å²) in [6.45, 7) is 5.37. The van der Waals surface area contributed by atoms with Crippen LogP contribution in [0.15, 0.2) is 32.9 Å². The van der Waals surface area contributed by atoms with Crippen LogP contribution in [0.4, 0.5) is 0 Å². The van der Waals surface area contributed by atoms with Crippen molar-refractivity contribution in [1.29, 1.82) is 5.26 Å². The molecule has 0 saturated carbocycles. The topological polar surface area (TPSA) is 122 Å². The number of hydrogen-bond acceptors (Lipinski definition) is 5. The number of benzene rings is 1. The molecular formula is C16H16N4O3. The van der Waals surface area contributed by atoms with Gasteiger partial charge in [-0.15, -0.1) is 0 Å². The number of aryl methyl sites for hydroxylation is 1. The number of aromatic nitrogens is 2. The zero-order valence-electron chi connectivity index (χ0n) is 13.0. The molecule has 0 atom stereocenters. The van der Waals surface area contributed by atoms with Crippen LogP contribution in [0.2, 0.25) is 0 Å². The van der Waals surface area contributed by atoms with Gasteiger partial charge >= 0.3 is 5.69 Å². The second-order valence-corrected chi connectivity index (χ2v) is 5.50. The second kappa shape index (κ2) is 6.32. The third kappa shape index (κ3) is 3.21. The lowest BCUT2D eigenvalue weighted by atomic mass is 9.95. The summed E-state index contributed by atoms with van der Waals surface area (Å²) >= 11 is 0. The van der Waals surface area contributed by atoms with E-state index >= 15 is 0 Å². The maximum atomic E-state index is 12.1. The summed E-state index contributed by atoms with van der Waals surface area (Å²) < 4.78 is 0. The minimum absolute atomic E-state index is 0.0390. The van der Waals surface area contributed by atoms with Crippen LogP contribution >= 0.6 is 0 Å². The zero-order chi connectivity index (χ0) is 17.1. The molecule has 3 N–H and O–H groups in total. The number of H-pyrrole nitrogens is 2. The first-order valence-corrected chi connectivity index (χ1v) is 6.98. The molecule has 1 aromatic heterocycles. The molecule has 23 heavy (non-hydrogen) atoms. The van der Waals surface area contributed by atoms with E-state index in [0.717, 1.165) is 5.56 Å². The average molecular weight is 312 g/mol. The van der Waals surface area contributed by atoms with Gasteiger partial charge < -0.3 is 10.2 Å². The molecule has 7 nitrogen and oxygen atoms in total. The van der Waals surface area contributed by atoms with Gasteiger partial charge in [0.25, 0.3) is 5.56 Å². The number of nitrogens with one attached hydrogen (secondary N) is 2. The molecule has 2 rings (SSSR count). The minimum atomic E-state index is -0.691. The van der Waals surface area contributed by atoms with Gasteiger partial charge in [-0.3, -0.25) is 9.78 Å². The fraction of sp³-hybridized carbons (Fsp3) is 0.250. The van der Waals surface area contributed by atoms with E-state index in [1.807, 2.05) is 6.07 Å². The Morgan fingerprint density at radius 1 is 1.26 bits per heavy atom. The molecule has 7 heteroatoms. The Balaban J connectivity index is 2.79. The first kappa shape index (κ1) is 16.2. The molecule has 1 heterocycles. The van der Waals surface area contributed by atoms with Gasteiger partial charge in [-0.2, -0.15) is 5.26 Å². The third-order valence-corrected chi connectivity index (χ3v) is 3.37. The fourth-order valence-electron chi connectivity index (χ4n) is 2.47. The maximum absolute atomic E-state index is 12.1. The van der Waals surface area contributed by atoms with E-state index < -0.39 is 11.2 Å². The van der Waals surface area contributed by atoms with Gasteiger partial charge in [-0.1, -0.05) is 19.0 Å². The Kier molecular flexibility index (Phi) is 4.46. The largest absolute Gasteiger partial charge is 0.410 e. The van der Waals surface area contributed by atoms with Gasteiger partial charge in [0.1, 0.15) is 5.71 Å². The Hall–Kier alpha value is -3.14. The van der Waals surface area contributed by atoms with Crippen molar-refractivity contribution < 1.29 is 5.21 Å². The minimum Gasteiger partial charge on any atom is -0.410 e. The number of nitriles is 1. The fourth-order valence-corrected chi connectivity index (χ4v) is 2.47. The molecule has 0 bridgehead atoms. The van der Waals surface area contributed by atoms with Crippen molar-refractivity contribution in [3.05, 3.63) is 67.0 Å².